The van der Waals surface area contributed by atoms with E-state index in [4.69, 9.17) is 0 Å². The molecule has 0 bridgehead atoms. The van der Waals surface area contributed by atoms with Crippen molar-refractivity contribution >= 4 is 11.8 Å². The first-order chi connectivity index (χ1) is 10.3. The first kappa shape index (κ1) is 15.3. The summed E-state index contributed by atoms with van der Waals surface area (Å²) < 4.78 is 2.06. The number of rotatable bonds is 6. The van der Waals surface area contributed by atoms with Crippen molar-refractivity contribution in [3.63, 3.8) is 0 Å². The number of nitrogens with zero attached hydrogens (tertiary/aromatic N) is 4. The summed E-state index contributed by atoms with van der Waals surface area (Å²) in [4.78, 5) is 0. The summed E-state index contributed by atoms with van der Waals surface area (Å²) in [5.74, 6) is 1.98. The Bertz CT molecular complexity index is 421. The minimum atomic E-state index is 0.537. The van der Waals surface area contributed by atoms with E-state index in [1.807, 2.05) is 0 Å². The lowest BCUT2D eigenvalue weighted by molar-refractivity contribution is 0.312. The fourth-order valence-electron chi connectivity index (χ4n) is 3.53. The first-order valence-corrected chi connectivity index (χ1v) is 9.45. The topological polar surface area (TPSA) is 55.6 Å². The molecule has 1 aromatic rings. The summed E-state index contributed by atoms with van der Waals surface area (Å²) in [5, 5.41) is 16.9. The van der Waals surface area contributed by atoms with Crippen LogP contribution in [-0.2, 0) is 0 Å². The van der Waals surface area contributed by atoms with E-state index < -0.39 is 0 Å². The number of hydrogen-bond donors (Lipinski definition) is 1. The van der Waals surface area contributed by atoms with Crippen molar-refractivity contribution in [2.75, 3.05) is 12.3 Å². The van der Waals surface area contributed by atoms with E-state index in [0.717, 1.165) is 29.4 Å². The van der Waals surface area contributed by atoms with E-state index in [1.54, 1.807) is 11.8 Å². The third-order valence-corrected chi connectivity index (χ3v) is 5.85. The SMILES string of the molecule is CC1CCC(NCCSc2nnnn2C2CCCC2)CC1. The van der Waals surface area contributed by atoms with Gasteiger partial charge in [-0.2, -0.15) is 0 Å². The Morgan fingerprint density at radius 3 is 2.67 bits per heavy atom. The first-order valence-electron chi connectivity index (χ1n) is 8.47. The van der Waals surface area contributed by atoms with Crippen LogP contribution in [0.15, 0.2) is 5.16 Å². The molecule has 0 aliphatic heterocycles. The van der Waals surface area contributed by atoms with Crippen LogP contribution in [0.3, 0.4) is 0 Å². The van der Waals surface area contributed by atoms with Gasteiger partial charge in [-0.15, -0.1) is 5.10 Å². The number of nitrogens with one attached hydrogen (secondary N) is 1. The van der Waals surface area contributed by atoms with Gasteiger partial charge >= 0.3 is 0 Å². The molecule has 2 aliphatic rings. The second-order valence-electron chi connectivity index (χ2n) is 6.60. The highest BCUT2D eigenvalue weighted by Gasteiger charge is 2.21. The second kappa shape index (κ2) is 7.58. The molecule has 118 valence electrons. The summed E-state index contributed by atoms with van der Waals surface area (Å²) >= 11 is 1.79. The largest absolute Gasteiger partial charge is 0.313 e. The highest BCUT2D eigenvalue weighted by Crippen LogP contribution is 2.31. The minimum absolute atomic E-state index is 0.537. The fraction of sp³-hybridized carbons (Fsp3) is 0.933. The Hall–Kier alpha value is -0.620. The van der Waals surface area contributed by atoms with Gasteiger partial charge in [0.25, 0.3) is 0 Å². The molecular formula is C15H27N5S. The van der Waals surface area contributed by atoms with Crippen LogP contribution in [0.4, 0.5) is 0 Å². The molecule has 6 heteroatoms. The number of aromatic nitrogens is 4. The van der Waals surface area contributed by atoms with Crippen molar-refractivity contribution in [3.05, 3.63) is 0 Å². The maximum atomic E-state index is 4.19. The highest BCUT2D eigenvalue weighted by molar-refractivity contribution is 7.99. The zero-order valence-electron chi connectivity index (χ0n) is 13.0. The van der Waals surface area contributed by atoms with Crippen LogP contribution >= 0.6 is 11.8 Å². The standard InChI is InChI=1S/C15H27N5S/c1-12-6-8-13(9-7-12)16-10-11-21-15-17-18-19-20(15)14-4-2-3-5-14/h12-14,16H,2-11H2,1H3. The fourth-order valence-corrected chi connectivity index (χ4v) is 4.34. The maximum absolute atomic E-state index is 4.19. The van der Waals surface area contributed by atoms with Crippen LogP contribution in [0.2, 0.25) is 0 Å². The van der Waals surface area contributed by atoms with Crippen LogP contribution in [0.1, 0.15) is 64.3 Å². The van der Waals surface area contributed by atoms with Crippen molar-refractivity contribution in [2.24, 2.45) is 5.92 Å². The van der Waals surface area contributed by atoms with Crippen molar-refractivity contribution in [1.82, 2.24) is 25.5 Å². The molecule has 1 aromatic heterocycles. The summed E-state index contributed by atoms with van der Waals surface area (Å²) in [6.45, 7) is 3.43. The van der Waals surface area contributed by atoms with E-state index in [2.05, 4.69) is 32.4 Å². The van der Waals surface area contributed by atoms with Crippen molar-refractivity contribution < 1.29 is 0 Å². The molecule has 0 atom stereocenters. The molecular weight excluding hydrogens is 282 g/mol. The summed E-state index contributed by atoms with van der Waals surface area (Å²) in [7, 11) is 0. The van der Waals surface area contributed by atoms with Gasteiger partial charge in [0.15, 0.2) is 0 Å². The van der Waals surface area contributed by atoms with E-state index in [0.29, 0.717) is 6.04 Å². The van der Waals surface area contributed by atoms with E-state index in [-0.39, 0.29) is 0 Å². The summed E-state index contributed by atoms with van der Waals surface area (Å²) in [6, 6.07) is 1.27. The average molecular weight is 309 g/mol. The van der Waals surface area contributed by atoms with Gasteiger partial charge in [-0.3, -0.25) is 0 Å². The van der Waals surface area contributed by atoms with Crippen LogP contribution in [0.5, 0.6) is 0 Å². The molecule has 0 spiro atoms. The monoisotopic (exact) mass is 309 g/mol. The van der Waals surface area contributed by atoms with E-state index in [1.165, 1.54) is 51.4 Å². The van der Waals surface area contributed by atoms with Crippen LogP contribution in [0, 0.1) is 5.92 Å². The molecule has 0 aromatic carbocycles. The molecule has 3 rings (SSSR count). The Balaban J connectivity index is 1.38. The number of tetrazole rings is 1. The summed E-state index contributed by atoms with van der Waals surface area (Å²) in [5.41, 5.74) is 0. The molecule has 0 unspecified atom stereocenters. The normalized spacial score (nSPS) is 27.3. The Morgan fingerprint density at radius 1 is 1.14 bits per heavy atom. The molecule has 0 saturated heterocycles. The highest BCUT2D eigenvalue weighted by atomic mass is 32.2. The molecule has 5 nitrogen and oxygen atoms in total. The zero-order valence-corrected chi connectivity index (χ0v) is 13.8. The predicted molar refractivity (Wildman–Crippen MR) is 85.5 cm³/mol. The zero-order chi connectivity index (χ0) is 14.5. The van der Waals surface area contributed by atoms with Gasteiger partial charge in [0, 0.05) is 18.3 Å². The van der Waals surface area contributed by atoms with Gasteiger partial charge in [-0.25, -0.2) is 4.68 Å². The van der Waals surface area contributed by atoms with E-state index in [9.17, 15) is 0 Å². The molecule has 0 amide bonds. The average Bonchev–Trinajstić information content (AvgIpc) is 3.16. The van der Waals surface area contributed by atoms with Gasteiger partial charge < -0.3 is 5.32 Å². The molecule has 2 saturated carbocycles. The molecule has 0 radical (unpaired) electrons. The van der Waals surface area contributed by atoms with Crippen molar-refractivity contribution in [2.45, 2.75) is 75.5 Å². The van der Waals surface area contributed by atoms with Gasteiger partial charge in [0.1, 0.15) is 0 Å². The lowest BCUT2D eigenvalue weighted by atomic mass is 9.87. The van der Waals surface area contributed by atoms with Gasteiger partial charge in [0.05, 0.1) is 6.04 Å². The third kappa shape index (κ3) is 4.19. The Kier molecular flexibility index (Phi) is 5.52. The molecule has 1 N–H and O–H groups in total. The lowest BCUT2D eigenvalue weighted by Crippen LogP contribution is -2.34. The predicted octanol–water partition coefficient (Wildman–Crippen LogP) is 3.05. The van der Waals surface area contributed by atoms with Crippen LogP contribution < -0.4 is 5.32 Å². The Morgan fingerprint density at radius 2 is 1.90 bits per heavy atom. The second-order valence-corrected chi connectivity index (χ2v) is 7.67. The number of thioether (sulfide) groups is 1. The number of hydrogen-bond acceptors (Lipinski definition) is 5. The van der Waals surface area contributed by atoms with E-state index >= 15 is 0 Å². The maximum Gasteiger partial charge on any atom is 0.209 e. The lowest BCUT2D eigenvalue weighted by Gasteiger charge is -2.26. The third-order valence-electron chi connectivity index (χ3n) is 4.92. The molecule has 1 heterocycles. The van der Waals surface area contributed by atoms with Gasteiger partial charge in [-0.1, -0.05) is 31.5 Å². The van der Waals surface area contributed by atoms with Gasteiger partial charge in [0.2, 0.25) is 5.16 Å². The minimum Gasteiger partial charge on any atom is -0.313 e. The van der Waals surface area contributed by atoms with Crippen LogP contribution in [-0.4, -0.2) is 38.5 Å². The van der Waals surface area contributed by atoms with Crippen molar-refractivity contribution in [3.8, 4) is 0 Å². The van der Waals surface area contributed by atoms with Crippen molar-refractivity contribution in [1.29, 1.82) is 0 Å². The van der Waals surface area contributed by atoms with Gasteiger partial charge in [-0.05, 0) is 54.9 Å². The quantitative estimate of drug-likeness (QED) is 0.646. The smallest absolute Gasteiger partial charge is 0.209 e. The Labute approximate surface area is 131 Å². The molecule has 2 aliphatic carbocycles. The molecule has 2 fully saturated rings. The van der Waals surface area contributed by atoms with Crippen LogP contribution in [0.25, 0.3) is 0 Å². The summed E-state index contributed by atoms with van der Waals surface area (Å²) in [6.07, 6.45) is 10.5. The molecule has 21 heavy (non-hydrogen) atoms.